The quantitative estimate of drug-likeness (QED) is 0.253. The van der Waals surface area contributed by atoms with Gasteiger partial charge < -0.3 is 20.1 Å². The van der Waals surface area contributed by atoms with E-state index < -0.39 is 53.7 Å². The molecule has 0 spiro atoms. The lowest BCUT2D eigenvalue weighted by Crippen LogP contribution is -2.51. The second kappa shape index (κ2) is 14.4. The maximum Gasteiger partial charge on any atom is 0.408 e. The van der Waals surface area contributed by atoms with Gasteiger partial charge in [-0.3, -0.25) is 14.5 Å². The molecule has 2 rings (SSSR count). The van der Waals surface area contributed by atoms with E-state index in [1.54, 1.807) is 53.7 Å². The molecule has 0 fully saturated rings. The zero-order valence-electron chi connectivity index (χ0n) is 24.9. The van der Waals surface area contributed by atoms with Gasteiger partial charge in [-0.1, -0.05) is 67.9 Å². The average Bonchev–Trinajstić information content (AvgIpc) is 2.88. The number of aryl methyl sites for hydroxylation is 1. The number of esters is 1. The highest BCUT2D eigenvalue weighted by Gasteiger charge is 2.35. The van der Waals surface area contributed by atoms with Crippen molar-refractivity contribution in [3.8, 4) is 12.5 Å². The van der Waals surface area contributed by atoms with Crippen molar-refractivity contribution in [1.82, 2.24) is 15.5 Å². The molecule has 0 radical (unpaired) electrons. The van der Waals surface area contributed by atoms with E-state index in [0.29, 0.717) is 5.56 Å². The highest BCUT2D eigenvalue weighted by molar-refractivity contribution is 5.93. The summed E-state index contributed by atoms with van der Waals surface area (Å²) in [5, 5.41) is 5.15. The maximum absolute atomic E-state index is 13.9. The van der Waals surface area contributed by atoms with E-state index in [4.69, 9.17) is 15.9 Å². The van der Waals surface area contributed by atoms with Crippen LogP contribution in [0.5, 0.6) is 0 Å². The number of carbonyl (C=O) groups excluding carboxylic acids is 4. The second-order valence-electron chi connectivity index (χ2n) is 11.5. The number of ether oxygens (including phenoxy) is 2. The molecule has 0 bridgehead atoms. The van der Waals surface area contributed by atoms with E-state index >= 15 is 0 Å². The summed E-state index contributed by atoms with van der Waals surface area (Å²) in [6.45, 7) is 11.8. The molecule has 0 aliphatic rings. The first-order valence-electron chi connectivity index (χ1n) is 13.5. The van der Waals surface area contributed by atoms with Crippen molar-refractivity contribution in [3.05, 3.63) is 71.3 Å². The van der Waals surface area contributed by atoms with Crippen LogP contribution in [0.4, 0.5) is 4.79 Å². The minimum Gasteiger partial charge on any atom is -0.458 e. The Balaban J connectivity index is 2.40. The summed E-state index contributed by atoms with van der Waals surface area (Å²) in [5.74, 6) is -2.01. The topological polar surface area (TPSA) is 114 Å². The Morgan fingerprint density at radius 2 is 1.46 bits per heavy atom. The Labute approximate surface area is 243 Å². The number of hydrogen-bond acceptors (Lipinski definition) is 6. The zero-order chi connectivity index (χ0) is 30.8. The van der Waals surface area contributed by atoms with E-state index in [-0.39, 0.29) is 6.42 Å². The lowest BCUT2D eigenvalue weighted by Gasteiger charge is -2.29. The molecular formula is C32H41N3O6. The Kier molecular flexibility index (Phi) is 11.5. The molecule has 0 saturated carbocycles. The fourth-order valence-corrected chi connectivity index (χ4v) is 3.86. The van der Waals surface area contributed by atoms with Crippen molar-refractivity contribution in [2.45, 2.75) is 84.6 Å². The highest BCUT2D eigenvalue weighted by atomic mass is 16.6. The number of nitrogens with one attached hydrogen (secondary N) is 2. The smallest absolute Gasteiger partial charge is 0.408 e. The first kappa shape index (κ1) is 32.9. The molecule has 2 aromatic carbocycles. The van der Waals surface area contributed by atoms with Gasteiger partial charge in [0, 0.05) is 12.5 Å². The van der Waals surface area contributed by atoms with Gasteiger partial charge in [0.15, 0.2) is 0 Å². The fraction of sp³-hybridized carbons (Fsp3) is 0.438. The number of benzene rings is 2. The van der Waals surface area contributed by atoms with Crippen LogP contribution in [-0.4, -0.2) is 52.6 Å². The van der Waals surface area contributed by atoms with Crippen LogP contribution in [0.1, 0.15) is 71.2 Å². The van der Waals surface area contributed by atoms with Crippen molar-refractivity contribution in [3.63, 3.8) is 0 Å². The molecule has 2 atom stereocenters. The third kappa shape index (κ3) is 11.0. The van der Waals surface area contributed by atoms with E-state index in [2.05, 4.69) is 16.7 Å². The van der Waals surface area contributed by atoms with Gasteiger partial charge in [0.05, 0.1) is 0 Å². The lowest BCUT2D eigenvalue weighted by molar-refractivity contribution is -0.159. The summed E-state index contributed by atoms with van der Waals surface area (Å²) in [6, 6.07) is 16.2. The number of hydrogen-bond donors (Lipinski definition) is 2. The molecule has 3 amide bonds. The van der Waals surface area contributed by atoms with E-state index in [9.17, 15) is 19.2 Å². The fourth-order valence-electron chi connectivity index (χ4n) is 3.86. The van der Waals surface area contributed by atoms with Gasteiger partial charge in [0.25, 0.3) is 5.91 Å². The normalized spacial score (nSPS) is 12.7. The number of rotatable bonds is 10. The predicted octanol–water partition coefficient (Wildman–Crippen LogP) is 4.30. The monoisotopic (exact) mass is 563 g/mol. The van der Waals surface area contributed by atoms with Crippen molar-refractivity contribution in [1.29, 1.82) is 0 Å². The summed E-state index contributed by atoms with van der Waals surface area (Å²) >= 11 is 0. The number of amides is 3. The molecule has 2 unspecified atom stereocenters. The third-order valence-corrected chi connectivity index (χ3v) is 5.69. The van der Waals surface area contributed by atoms with Crippen LogP contribution in [0.2, 0.25) is 0 Å². The molecule has 0 aliphatic heterocycles. The minimum atomic E-state index is -1.29. The van der Waals surface area contributed by atoms with E-state index in [0.717, 1.165) is 22.4 Å². The standard InChI is InChI=1S/C32H41N3O6/c1-9-22-16-18-24(19-17-22)27(35(10-2)26(36)21-33-30(39)41-32(6,7)8)28(37)34-25(29(38)40-31(3,4)5)20-23-14-12-11-13-15-23/h2,11-19,25,27H,9,20-21H2,1,3-8H3,(H,33,39)(H,34,37). The molecule has 0 aromatic heterocycles. The number of nitrogens with zero attached hydrogens (tertiary/aromatic N) is 1. The molecule has 220 valence electrons. The molecule has 9 heteroatoms. The Morgan fingerprint density at radius 1 is 0.878 bits per heavy atom. The molecular weight excluding hydrogens is 522 g/mol. The minimum absolute atomic E-state index is 0.160. The number of carbonyl (C=O) groups is 4. The Morgan fingerprint density at radius 3 is 1.98 bits per heavy atom. The molecule has 2 N–H and O–H groups in total. The predicted molar refractivity (Wildman–Crippen MR) is 156 cm³/mol. The number of terminal acetylenes is 1. The Hall–Kier alpha value is -4.32. The van der Waals surface area contributed by atoms with Gasteiger partial charge >= 0.3 is 12.1 Å². The van der Waals surface area contributed by atoms with Crippen molar-refractivity contribution >= 4 is 23.9 Å². The summed E-state index contributed by atoms with van der Waals surface area (Å²) in [6.07, 6.45) is 5.88. The largest absolute Gasteiger partial charge is 0.458 e. The van der Waals surface area contributed by atoms with E-state index in [1.807, 2.05) is 49.4 Å². The second-order valence-corrected chi connectivity index (χ2v) is 11.5. The van der Waals surface area contributed by atoms with Crippen molar-refractivity contribution in [2.24, 2.45) is 0 Å². The van der Waals surface area contributed by atoms with Gasteiger partial charge in [-0.05, 0) is 64.7 Å². The highest BCUT2D eigenvalue weighted by Crippen LogP contribution is 2.23. The maximum atomic E-state index is 13.9. The van der Waals surface area contributed by atoms with Crippen LogP contribution in [0.25, 0.3) is 0 Å². The molecule has 0 aliphatic carbocycles. The van der Waals surface area contributed by atoms with Crippen LogP contribution < -0.4 is 10.6 Å². The summed E-state index contributed by atoms with van der Waals surface area (Å²) in [7, 11) is 0. The van der Waals surface area contributed by atoms with Crippen LogP contribution in [0.15, 0.2) is 54.6 Å². The SMILES string of the molecule is C#CN(C(=O)CNC(=O)OC(C)(C)C)C(C(=O)NC(Cc1ccccc1)C(=O)OC(C)(C)C)c1ccc(CC)cc1. The van der Waals surface area contributed by atoms with Crippen LogP contribution >= 0.6 is 0 Å². The molecule has 0 heterocycles. The van der Waals surface area contributed by atoms with Gasteiger partial charge in [-0.15, -0.1) is 0 Å². The van der Waals surface area contributed by atoms with Crippen LogP contribution in [0, 0.1) is 12.5 Å². The molecule has 9 nitrogen and oxygen atoms in total. The zero-order valence-corrected chi connectivity index (χ0v) is 24.9. The van der Waals surface area contributed by atoms with Gasteiger partial charge in [-0.2, -0.15) is 0 Å². The lowest BCUT2D eigenvalue weighted by atomic mass is 10.00. The van der Waals surface area contributed by atoms with E-state index in [1.165, 1.54) is 0 Å². The van der Waals surface area contributed by atoms with Crippen molar-refractivity contribution < 1.29 is 28.7 Å². The first-order valence-corrected chi connectivity index (χ1v) is 13.5. The third-order valence-electron chi connectivity index (χ3n) is 5.69. The summed E-state index contributed by atoms with van der Waals surface area (Å²) in [5.41, 5.74) is 0.705. The summed E-state index contributed by atoms with van der Waals surface area (Å²) < 4.78 is 10.8. The average molecular weight is 564 g/mol. The Bertz CT molecular complexity index is 1240. The van der Waals surface area contributed by atoms with Crippen LogP contribution in [-0.2, 0) is 36.7 Å². The molecule has 41 heavy (non-hydrogen) atoms. The van der Waals surface area contributed by atoms with Gasteiger partial charge in [-0.25, -0.2) is 9.59 Å². The first-order chi connectivity index (χ1) is 19.1. The van der Waals surface area contributed by atoms with Gasteiger partial charge in [0.2, 0.25) is 5.91 Å². The summed E-state index contributed by atoms with van der Waals surface area (Å²) in [4.78, 5) is 53.3. The number of alkyl carbamates (subject to hydrolysis) is 1. The molecule has 0 saturated heterocycles. The van der Waals surface area contributed by atoms with Crippen molar-refractivity contribution in [2.75, 3.05) is 6.54 Å². The van der Waals surface area contributed by atoms with Gasteiger partial charge in [0.1, 0.15) is 29.8 Å². The van der Waals surface area contributed by atoms with Crippen LogP contribution in [0.3, 0.4) is 0 Å². The molecule has 2 aromatic rings.